The van der Waals surface area contributed by atoms with Crippen molar-refractivity contribution < 1.29 is 66.4 Å². The third-order valence-corrected chi connectivity index (χ3v) is 2.37. The number of aliphatic hydroxyl groups is 1. The number of aliphatic hydroxyl groups excluding tert-OH is 1. The van der Waals surface area contributed by atoms with Crippen LogP contribution in [0, 0.1) is 0 Å². The number of unbranched alkanes of at least 4 members (excludes halogenated alkanes) is 1. The molecule has 0 aromatic heterocycles. The molecule has 0 heterocycles. The van der Waals surface area contributed by atoms with Crippen molar-refractivity contribution in [2.75, 3.05) is 0 Å². The van der Waals surface area contributed by atoms with Gasteiger partial charge in [0.2, 0.25) is 0 Å². The average molecular weight is 246 g/mol. The van der Waals surface area contributed by atoms with Gasteiger partial charge in [-0.05, 0) is 12.0 Å². The quantitative estimate of drug-likeness (QED) is 0.629. The summed E-state index contributed by atoms with van der Waals surface area (Å²) < 4.78 is 0. The molecule has 4 heteroatoms. The molecule has 82 valence electrons. The fourth-order valence-corrected chi connectivity index (χ4v) is 1.53. The van der Waals surface area contributed by atoms with E-state index in [0.717, 1.165) is 12.8 Å². The Kier molecular flexibility index (Phi) is 8.54. The van der Waals surface area contributed by atoms with Crippen LogP contribution in [0.3, 0.4) is 0 Å². The molecule has 1 atom stereocenters. The van der Waals surface area contributed by atoms with Gasteiger partial charge in [-0.2, -0.15) is 0 Å². The van der Waals surface area contributed by atoms with Gasteiger partial charge in [-0.25, -0.2) is 0 Å². The number of hydrogen-bond donors (Lipinski definition) is 1. The molecule has 3 nitrogen and oxygen atoms in total. The molecule has 1 unspecified atom stereocenters. The van der Waals surface area contributed by atoms with Gasteiger partial charge in [0.05, 0.1) is 12.1 Å². The van der Waals surface area contributed by atoms with Crippen LogP contribution in [0.5, 0.6) is 0 Å². The van der Waals surface area contributed by atoms with Crippen LogP contribution in [0.1, 0.15) is 48.2 Å². The van der Waals surface area contributed by atoms with E-state index in [9.17, 15) is 15.0 Å². The third-order valence-electron chi connectivity index (χ3n) is 2.37. The molecule has 0 aliphatic heterocycles. The number of carbonyl (C=O) groups excluding carboxylic acids is 1. The number of rotatable bonds is 5. The van der Waals surface area contributed by atoms with E-state index < -0.39 is 12.1 Å². The topological polar surface area (TPSA) is 60.4 Å². The zero-order valence-corrected chi connectivity index (χ0v) is 12.9. The SMILES string of the molecule is CCCCC(O)c1ccccc1C(=O)[O-].[K+]. The van der Waals surface area contributed by atoms with Gasteiger partial charge in [0.1, 0.15) is 0 Å². The Labute approximate surface area is 138 Å². The van der Waals surface area contributed by atoms with Crippen molar-refractivity contribution in [1.29, 1.82) is 0 Å². The minimum atomic E-state index is -1.24. The van der Waals surface area contributed by atoms with E-state index in [1.807, 2.05) is 6.92 Å². The van der Waals surface area contributed by atoms with Crippen LogP contribution in [-0.2, 0) is 0 Å². The summed E-state index contributed by atoms with van der Waals surface area (Å²) in [6, 6.07) is 6.43. The van der Waals surface area contributed by atoms with Crippen LogP contribution in [0.15, 0.2) is 24.3 Å². The maximum atomic E-state index is 10.8. The van der Waals surface area contributed by atoms with Crippen LogP contribution in [-0.4, -0.2) is 11.1 Å². The summed E-state index contributed by atoms with van der Waals surface area (Å²) >= 11 is 0. The number of carbonyl (C=O) groups is 1. The number of aromatic carboxylic acids is 1. The predicted octanol–water partition coefficient (Wildman–Crippen LogP) is -1.72. The van der Waals surface area contributed by atoms with E-state index in [1.54, 1.807) is 18.2 Å². The van der Waals surface area contributed by atoms with Crippen molar-refractivity contribution in [1.82, 2.24) is 0 Å². The number of carboxylic acids is 1. The maximum Gasteiger partial charge on any atom is 1.00 e. The molecule has 1 rings (SSSR count). The summed E-state index contributed by atoms with van der Waals surface area (Å²) in [5, 5.41) is 20.6. The molecule has 1 aromatic rings. The van der Waals surface area contributed by atoms with Gasteiger partial charge in [-0.15, -0.1) is 0 Å². The summed E-state index contributed by atoms with van der Waals surface area (Å²) in [5.74, 6) is -1.24. The minimum absolute atomic E-state index is 0. The molecule has 0 spiro atoms. The fraction of sp³-hybridized carbons (Fsp3) is 0.417. The zero-order chi connectivity index (χ0) is 11.3. The van der Waals surface area contributed by atoms with Crippen molar-refractivity contribution in [2.45, 2.75) is 32.3 Å². The van der Waals surface area contributed by atoms with E-state index in [-0.39, 0.29) is 56.9 Å². The number of hydrogen-bond acceptors (Lipinski definition) is 3. The molecular formula is C12H15KO3. The number of carboxylic acid groups (broad SMARTS) is 1. The van der Waals surface area contributed by atoms with E-state index >= 15 is 0 Å². The number of benzene rings is 1. The normalized spacial score (nSPS) is 11.6. The molecule has 0 radical (unpaired) electrons. The summed E-state index contributed by atoms with van der Waals surface area (Å²) in [6.45, 7) is 2.03. The summed E-state index contributed by atoms with van der Waals surface area (Å²) in [7, 11) is 0. The zero-order valence-electron chi connectivity index (χ0n) is 9.77. The van der Waals surface area contributed by atoms with E-state index in [0.29, 0.717) is 12.0 Å². The van der Waals surface area contributed by atoms with Crippen molar-refractivity contribution in [3.63, 3.8) is 0 Å². The van der Waals surface area contributed by atoms with Crippen LogP contribution < -0.4 is 56.5 Å². The average Bonchev–Trinajstić information content (AvgIpc) is 2.25. The summed E-state index contributed by atoms with van der Waals surface area (Å²) in [5.41, 5.74) is 0.534. The molecule has 0 bridgehead atoms. The Morgan fingerprint density at radius 1 is 1.44 bits per heavy atom. The molecule has 0 saturated carbocycles. The van der Waals surface area contributed by atoms with Crippen molar-refractivity contribution in [3.05, 3.63) is 35.4 Å². The monoisotopic (exact) mass is 246 g/mol. The molecule has 1 N–H and O–H groups in total. The molecule has 0 aliphatic rings. The van der Waals surface area contributed by atoms with Gasteiger partial charge >= 0.3 is 51.4 Å². The predicted molar refractivity (Wildman–Crippen MR) is 55.3 cm³/mol. The van der Waals surface area contributed by atoms with Crippen molar-refractivity contribution in [3.8, 4) is 0 Å². The van der Waals surface area contributed by atoms with Gasteiger partial charge in [0.15, 0.2) is 0 Å². The van der Waals surface area contributed by atoms with Gasteiger partial charge < -0.3 is 15.0 Å². The molecule has 0 aliphatic carbocycles. The summed E-state index contributed by atoms with van der Waals surface area (Å²) in [4.78, 5) is 10.8. The second-order valence-corrected chi connectivity index (χ2v) is 3.53. The molecule has 0 amide bonds. The van der Waals surface area contributed by atoms with Crippen LogP contribution in [0.4, 0.5) is 0 Å². The Bertz CT molecular complexity index is 339. The Balaban J connectivity index is 0.00000225. The van der Waals surface area contributed by atoms with Gasteiger partial charge in [-0.1, -0.05) is 44.0 Å². The maximum absolute atomic E-state index is 10.8. The Morgan fingerprint density at radius 3 is 2.62 bits per heavy atom. The minimum Gasteiger partial charge on any atom is -0.545 e. The third kappa shape index (κ3) is 4.65. The first-order valence-electron chi connectivity index (χ1n) is 5.15. The first kappa shape index (κ1) is 16.3. The van der Waals surface area contributed by atoms with E-state index in [2.05, 4.69) is 0 Å². The molecule has 16 heavy (non-hydrogen) atoms. The van der Waals surface area contributed by atoms with E-state index in [4.69, 9.17) is 0 Å². The smallest absolute Gasteiger partial charge is 0.545 e. The van der Waals surface area contributed by atoms with E-state index in [1.165, 1.54) is 6.07 Å². The largest absolute Gasteiger partial charge is 1.00 e. The van der Waals surface area contributed by atoms with Gasteiger partial charge in [-0.3, -0.25) is 0 Å². The Hall–Kier alpha value is 0.286. The van der Waals surface area contributed by atoms with Crippen LogP contribution >= 0.6 is 0 Å². The van der Waals surface area contributed by atoms with Crippen LogP contribution in [0.25, 0.3) is 0 Å². The molecule has 1 aromatic carbocycles. The van der Waals surface area contributed by atoms with Gasteiger partial charge in [0.25, 0.3) is 0 Å². The summed E-state index contributed by atoms with van der Waals surface area (Å²) in [6.07, 6.45) is 1.73. The molecule has 0 saturated heterocycles. The standard InChI is InChI=1S/C12H16O3.K/c1-2-3-8-11(13)9-6-4-5-7-10(9)12(14)15;/h4-7,11,13H,2-3,8H2,1H3,(H,14,15);/q;+1/p-1. The van der Waals surface area contributed by atoms with Crippen LogP contribution in [0.2, 0.25) is 0 Å². The first-order valence-corrected chi connectivity index (χ1v) is 5.15. The molecule has 0 fully saturated rings. The second-order valence-electron chi connectivity index (χ2n) is 3.53. The van der Waals surface area contributed by atoms with Gasteiger partial charge in [0, 0.05) is 5.56 Å². The fourth-order valence-electron chi connectivity index (χ4n) is 1.53. The molecular weight excluding hydrogens is 231 g/mol. The second kappa shape index (κ2) is 8.39. The Morgan fingerprint density at radius 2 is 2.06 bits per heavy atom. The van der Waals surface area contributed by atoms with Crippen molar-refractivity contribution in [2.24, 2.45) is 0 Å². The first-order chi connectivity index (χ1) is 7.16. The van der Waals surface area contributed by atoms with Crippen molar-refractivity contribution >= 4 is 5.97 Å².